The molecule has 3 rings (SSSR count). The van der Waals surface area contributed by atoms with Crippen LogP contribution in [-0.4, -0.2) is 28.6 Å². The van der Waals surface area contributed by atoms with Crippen LogP contribution < -0.4 is 15.2 Å². The van der Waals surface area contributed by atoms with Crippen LogP contribution in [-0.2, 0) is 6.61 Å². The lowest BCUT2D eigenvalue weighted by atomic mass is 10.1. The summed E-state index contributed by atoms with van der Waals surface area (Å²) in [6.45, 7) is 4.17. The van der Waals surface area contributed by atoms with Crippen molar-refractivity contribution >= 4 is 5.69 Å². The molecule has 6 nitrogen and oxygen atoms in total. The van der Waals surface area contributed by atoms with E-state index in [1.54, 1.807) is 23.0 Å². The fraction of sp³-hybridized carbons (Fsp3) is 0.286. The van der Waals surface area contributed by atoms with E-state index >= 15 is 0 Å². The molecule has 0 unspecified atom stereocenters. The minimum absolute atomic E-state index is 0.0692. The van der Waals surface area contributed by atoms with Crippen molar-refractivity contribution < 1.29 is 4.74 Å². The molecule has 0 amide bonds. The van der Waals surface area contributed by atoms with E-state index in [9.17, 15) is 4.79 Å². The highest BCUT2D eigenvalue weighted by atomic mass is 16.5. The van der Waals surface area contributed by atoms with E-state index < -0.39 is 0 Å². The quantitative estimate of drug-likeness (QED) is 0.672. The molecule has 6 heteroatoms. The molecule has 0 saturated carbocycles. The number of aryl methyl sites for hydroxylation is 1. The van der Waals surface area contributed by atoms with Crippen molar-refractivity contribution in [2.45, 2.75) is 26.5 Å². The molecule has 0 aliphatic heterocycles. The molecule has 0 radical (unpaired) electrons. The van der Waals surface area contributed by atoms with Gasteiger partial charge in [-0.15, -0.1) is 0 Å². The van der Waals surface area contributed by atoms with Gasteiger partial charge in [0.1, 0.15) is 12.4 Å². The summed E-state index contributed by atoms with van der Waals surface area (Å²) in [5.41, 5.74) is 2.96. The maximum atomic E-state index is 12.7. The first-order valence-electron chi connectivity index (χ1n) is 8.85. The number of aromatic nitrogens is 3. The van der Waals surface area contributed by atoms with Crippen molar-refractivity contribution in [3.8, 4) is 5.75 Å². The zero-order chi connectivity index (χ0) is 19.4. The van der Waals surface area contributed by atoms with Gasteiger partial charge in [-0.2, -0.15) is 0 Å². The van der Waals surface area contributed by atoms with E-state index in [0.717, 1.165) is 16.9 Å². The first-order valence-corrected chi connectivity index (χ1v) is 8.85. The number of rotatable bonds is 6. The Bertz CT molecular complexity index is 950. The summed E-state index contributed by atoms with van der Waals surface area (Å²) in [5, 5.41) is 0. The zero-order valence-corrected chi connectivity index (χ0v) is 16.1. The fourth-order valence-corrected chi connectivity index (χ4v) is 3.01. The standard InChI is InChI=1S/C21H24N4O2/c1-15-12-19(27-14-20-22-10-5-11-23-20)13-21(26)25(15)16(2)17-6-8-18(9-7-17)24(3)4/h5-13,16H,14H2,1-4H3/t16-/m1/s1. The van der Waals surface area contributed by atoms with Crippen LogP contribution in [0.3, 0.4) is 0 Å². The Balaban J connectivity index is 1.80. The number of ether oxygens (including phenoxy) is 1. The van der Waals surface area contributed by atoms with Gasteiger partial charge in [-0.3, -0.25) is 4.79 Å². The van der Waals surface area contributed by atoms with Gasteiger partial charge in [0.05, 0.1) is 6.04 Å². The topological polar surface area (TPSA) is 60.3 Å². The van der Waals surface area contributed by atoms with Crippen LogP contribution in [0.1, 0.15) is 30.0 Å². The van der Waals surface area contributed by atoms with Gasteiger partial charge in [0.2, 0.25) is 0 Å². The highest BCUT2D eigenvalue weighted by Gasteiger charge is 2.14. The normalized spacial score (nSPS) is 11.9. The fourth-order valence-electron chi connectivity index (χ4n) is 3.01. The Hall–Kier alpha value is -3.15. The van der Waals surface area contributed by atoms with Crippen LogP contribution >= 0.6 is 0 Å². The van der Waals surface area contributed by atoms with Crippen molar-refractivity contribution in [1.82, 2.24) is 14.5 Å². The van der Waals surface area contributed by atoms with Crippen LogP contribution in [0, 0.1) is 6.92 Å². The van der Waals surface area contributed by atoms with Crippen LogP contribution in [0.15, 0.2) is 59.7 Å². The van der Waals surface area contributed by atoms with E-state index in [-0.39, 0.29) is 18.2 Å². The number of anilines is 1. The molecule has 2 aromatic heterocycles. The molecule has 1 atom stereocenters. The second-order valence-electron chi connectivity index (χ2n) is 6.66. The van der Waals surface area contributed by atoms with Gasteiger partial charge >= 0.3 is 0 Å². The second-order valence-corrected chi connectivity index (χ2v) is 6.66. The summed E-state index contributed by atoms with van der Waals surface area (Å²) in [5.74, 6) is 1.10. The lowest BCUT2D eigenvalue weighted by Crippen LogP contribution is -2.25. The largest absolute Gasteiger partial charge is 0.485 e. The average molecular weight is 364 g/mol. The predicted octanol–water partition coefficient (Wildman–Crippen LogP) is 3.20. The number of nitrogens with zero attached hydrogens (tertiary/aromatic N) is 4. The summed E-state index contributed by atoms with van der Waals surface area (Å²) >= 11 is 0. The monoisotopic (exact) mass is 364 g/mol. The Morgan fingerprint density at radius 1 is 1.11 bits per heavy atom. The van der Waals surface area contributed by atoms with Gasteiger partial charge < -0.3 is 14.2 Å². The van der Waals surface area contributed by atoms with Gasteiger partial charge in [-0.1, -0.05) is 12.1 Å². The summed E-state index contributed by atoms with van der Waals surface area (Å²) in [6.07, 6.45) is 3.33. The molecule has 2 heterocycles. The third-order valence-corrected chi connectivity index (χ3v) is 4.50. The third kappa shape index (κ3) is 4.34. The summed E-state index contributed by atoms with van der Waals surface area (Å²) in [7, 11) is 4.01. The zero-order valence-electron chi connectivity index (χ0n) is 16.1. The van der Waals surface area contributed by atoms with Gasteiger partial charge in [0.15, 0.2) is 5.82 Å². The molecule has 140 valence electrons. The van der Waals surface area contributed by atoms with E-state index in [4.69, 9.17) is 4.74 Å². The first-order chi connectivity index (χ1) is 13.0. The van der Waals surface area contributed by atoms with Crippen molar-refractivity contribution in [3.05, 3.63) is 82.3 Å². The summed E-state index contributed by atoms with van der Waals surface area (Å²) in [4.78, 5) is 23.0. The Morgan fingerprint density at radius 3 is 2.37 bits per heavy atom. The van der Waals surface area contributed by atoms with Crippen LogP contribution in [0.5, 0.6) is 5.75 Å². The minimum Gasteiger partial charge on any atom is -0.485 e. The molecule has 0 aliphatic carbocycles. The lowest BCUT2D eigenvalue weighted by Gasteiger charge is -2.20. The molecular weight excluding hydrogens is 340 g/mol. The predicted molar refractivity (Wildman–Crippen MR) is 106 cm³/mol. The Morgan fingerprint density at radius 2 is 1.78 bits per heavy atom. The summed E-state index contributed by atoms with van der Waals surface area (Å²) < 4.78 is 7.47. The SMILES string of the molecule is Cc1cc(OCc2ncccn2)cc(=O)n1[C@H](C)c1ccc(N(C)C)cc1. The average Bonchev–Trinajstić information content (AvgIpc) is 2.66. The molecule has 3 aromatic rings. The second kappa shape index (κ2) is 8.03. The summed E-state index contributed by atoms with van der Waals surface area (Å²) in [6, 6.07) is 13.3. The molecule has 1 aromatic carbocycles. The maximum Gasteiger partial charge on any atom is 0.254 e. The van der Waals surface area contributed by atoms with Gasteiger partial charge in [0, 0.05) is 43.9 Å². The number of pyridine rings is 1. The number of hydrogen-bond acceptors (Lipinski definition) is 5. The van der Waals surface area contributed by atoms with Gasteiger partial charge in [0.25, 0.3) is 5.56 Å². The van der Waals surface area contributed by atoms with Crippen molar-refractivity contribution in [2.24, 2.45) is 0 Å². The van der Waals surface area contributed by atoms with E-state index in [0.29, 0.717) is 11.6 Å². The van der Waals surface area contributed by atoms with Crippen molar-refractivity contribution in [3.63, 3.8) is 0 Å². The highest BCUT2D eigenvalue weighted by Crippen LogP contribution is 2.22. The Kier molecular flexibility index (Phi) is 5.54. The number of hydrogen-bond donors (Lipinski definition) is 0. The molecule has 0 bridgehead atoms. The molecule has 27 heavy (non-hydrogen) atoms. The molecule has 0 saturated heterocycles. The third-order valence-electron chi connectivity index (χ3n) is 4.50. The first kappa shape index (κ1) is 18.6. The molecule has 0 fully saturated rings. The highest BCUT2D eigenvalue weighted by molar-refractivity contribution is 5.46. The molecule has 0 spiro atoms. The minimum atomic E-state index is -0.0943. The molecule has 0 N–H and O–H groups in total. The lowest BCUT2D eigenvalue weighted by molar-refractivity contribution is 0.294. The van der Waals surface area contributed by atoms with Crippen LogP contribution in [0.25, 0.3) is 0 Å². The van der Waals surface area contributed by atoms with E-state index in [2.05, 4.69) is 39.1 Å². The molecule has 0 aliphatic rings. The maximum absolute atomic E-state index is 12.7. The number of benzene rings is 1. The van der Waals surface area contributed by atoms with Crippen LogP contribution in [0.4, 0.5) is 5.69 Å². The van der Waals surface area contributed by atoms with E-state index in [1.165, 1.54) is 6.07 Å². The van der Waals surface area contributed by atoms with Crippen LogP contribution in [0.2, 0.25) is 0 Å². The Labute approximate surface area is 159 Å². The van der Waals surface area contributed by atoms with Crippen molar-refractivity contribution in [2.75, 3.05) is 19.0 Å². The van der Waals surface area contributed by atoms with E-state index in [1.807, 2.05) is 34.0 Å². The molecular formula is C21H24N4O2. The van der Waals surface area contributed by atoms with Gasteiger partial charge in [-0.05, 0) is 43.7 Å². The van der Waals surface area contributed by atoms with Gasteiger partial charge in [-0.25, -0.2) is 9.97 Å². The smallest absolute Gasteiger partial charge is 0.254 e. The van der Waals surface area contributed by atoms with Crippen molar-refractivity contribution in [1.29, 1.82) is 0 Å².